The summed E-state index contributed by atoms with van der Waals surface area (Å²) in [6, 6.07) is 13.5. The van der Waals surface area contributed by atoms with Crippen LogP contribution >= 0.6 is 11.6 Å². The standard InChI is InChI=1S/C25H26ClN3O4/c1-5-22(30)29-15-14-28(16-17(29)2)24(32)25(3,19-8-10-20(26)11-9-19)33-21-12-6-18(7-13-21)23(31)27-4/h5-13H,1,14-16H2,2-4H3/p+1/t25-/m1/s1. The Labute approximate surface area is 198 Å². The molecule has 1 aliphatic rings. The molecule has 2 aromatic carbocycles. The van der Waals surface area contributed by atoms with Crippen molar-refractivity contribution in [2.45, 2.75) is 19.4 Å². The van der Waals surface area contributed by atoms with Crippen LogP contribution in [-0.4, -0.2) is 59.6 Å². The molecule has 0 bridgehead atoms. The van der Waals surface area contributed by atoms with Crippen molar-refractivity contribution in [3.05, 3.63) is 77.3 Å². The average Bonchev–Trinajstić information content (AvgIpc) is 2.83. The molecule has 172 valence electrons. The third-order valence-corrected chi connectivity index (χ3v) is 5.92. The van der Waals surface area contributed by atoms with Crippen LogP contribution in [0.5, 0.6) is 5.75 Å². The van der Waals surface area contributed by atoms with E-state index in [1.165, 1.54) is 6.08 Å². The van der Waals surface area contributed by atoms with Gasteiger partial charge in [0.25, 0.3) is 11.8 Å². The second-order valence-electron chi connectivity index (χ2n) is 7.90. The first-order valence-corrected chi connectivity index (χ1v) is 10.9. The predicted octanol–water partition coefficient (Wildman–Crippen LogP) is 3.02. The fourth-order valence-electron chi connectivity index (χ4n) is 3.78. The first-order chi connectivity index (χ1) is 15.7. The van der Waals surface area contributed by atoms with Gasteiger partial charge in [0, 0.05) is 36.2 Å². The van der Waals surface area contributed by atoms with Crippen molar-refractivity contribution in [1.29, 1.82) is 0 Å². The first kappa shape index (κ1) is 24.2. The van der Waals surface area contributed by atoms with Gasteiger partial charge in [-0.15, -0.1) is 0 Å². The normalized spacial score (nSPS) is 15.5. The van der Waals surface area contributed by atoms with Crippen LogP contribution in [0.25, 0.3) is 0 Å². The second kappa shape index (κ2) is 10.0. The lowest BCUT2D eigenvalue weighted by Crippen LogP contribution is -2.55. The Morgan fingerprint density at radius 2 is 1.79 bits per heavy atom. The summed E-state index contributed by atoms with van der Waals surface area (Å²) in [6.45, 7) is 8.09. The monoisotopic (exact) mass is 468 g/mol. The molecule has 0 fully saturated rings. The number of halogens is 1. The topological polar surface area (TPSA) is 78.7 Å². The number of nitrogens with zero attached hydrogens (tertiary/aromatic N) is 2. The van der Waals surface area contributed by atoms with Gasteiger partial charge in [-0.3, -0.25) is 9.59 Å². The van der Waals surface area contributed by atoms with Crippen LogP contribution in [0.15, 0.2) is 61.2 Å². The predicted molar refractivity (Wildman–Crippen MR) is 127 cm³/mol. The quantitative estimate of drug-likeness (QED) is 0.522. The number of carbonyl (C=O) groups excluding carboxylic acids is 3. The van der Waals surface area contributed by atoms with Gasteiger partial charge < -0.3 is 15.0 Å². The zero-order valence-electron chi connectivity index (χ0n) is 18.9. The largest absolute Gasteiger partial charge is 0.473 e. The highest BCUT2D eigenvalue weighted by atomic mass is 35.5. The molecule has 1 aliphatic heterocycles. The van der Waals surface area contributed by atoms with Gasteiger partial charge in [-0.1, -0.05) is 30.3 Å². The number of benzene rings is 2. The lowest BCUT2D eigenvalue weighted by molar-refractivity contribution is -0.451. The summed E-state index contributed by atoms with van der Waals surface area (Å²) in [6.07, 6.45) is 1.27. The Hall–Kier alpha value is -3.45. The molecule has 0 radical (unpaired) electrons. The van der Waals surface area contributed by atoms with Gasteiger partial charge in [0.15, 0.2) is 12.3 Å². The summed E-state index contributed by atoms with van der Waals surface area (Å²) in [4.78, 5) is 39.4. The molecule has 0 spiro atoms. The van der Waals surface area contributed by atoms with E-state index in [0.717, 1.165) is 5.71 Å². The summed E-state index contributed by atoms with van der Waals surface area (Å²) in [5.74, 6) is -0.205. The first-order valence-electron chi connectivity index (χ1n) is 10.5. The number of nitrogens with one attached hydrogen (secondary N) is 1. The molecule has 0 aliphatic carbocycles. The highest BCUT2D eigenvalue weighted by Gasteiger charge is 2.43. The van der Waals surface area contributed by atoms with E-state index in [4.69, 9.17) is 16.3 Å². The van der Waals surface area contributed by atoms with Crippen LogP contribution < -0.4 is 10.1 Å². The number of rotatable bonds is 6. The molecule has 0 saturated carbocycles. The van der Waals surface area contributed by atoms with E-state index in [1.54, 1.807) is 72.0 Å². The molecular weight excluding hydrogens is 442 g/mol. The average molecular weight is 469 g/mol. The fraction of sp³-hybridized carbons (Fsp3) is 0.280. The number of amides is 3. The van der Waals surface area contributed by atoms with Crippen molar-refractivity contribution in [3.63, 3.8) is 0 Å². The van der Waals surface area contributed by atoms with E-state index in [2.05, 4.69) is 11.9 Å². The van der Waals surface area contributed by atoms with E-state index in [9.17, 15) is 14.4 Å². The molecule has 1 N–H and O–H groups in total. The maximum absolute atomic E-state index is 13.8. The molecule has 2 aromatic rings. The Balaban J connectivity index is 1.94. The number of hydrogen-bond donors (Lipinski definition) is 1. The van der Waals surface area contributed by atoms with Crippen molar-refractivity contribution >= 4 is 35.0 Å². The summed E-state index contributed by atoms with van der Waals surface area (Å²) in [5, 5.41) is 3.12. The van der Waals surface area contributed by atoms with Gasteiger partial charge in [-0.05, 0) is 43.3 Å². The Bertz CT molecular complexity index is 1110. The smallest absolute Gasteiger partial charge is 0.411 e. The molecule has 7 nitrogen and oxygen atoms in total. The minimum atomic E-state index is -1.36. The number of hydrogen-bond acceptors (Lipinski definition) is 4. The Kier molecular flexibility index (Phi) is 7.33. The van der Waals surface area contributed by atoms with Crippen LogP contribution in [0.4, 0.5) is 0 Å². The second-order valence-corrected chi connectivity index (χ2v) is 8.34. The summed E-state index contributed by atoms with van der Waals surface area (Å²) in [7, 11) is 1.56. The minimum absolute atomic E-state index is 0.187. The van der Waals surface area contributed by atoms with Gasteiger partial charge in [0.2, 0.25) is 5.60 Å². The molecule has 1 atom stereocenters. The number of ether oxygens (including phenoxy) is 1. The molecular formula is C25H27ClN3O4+. The fourth-order valence-corrected chi connectivity index (χ4v) is 3.91. The van der Waals surface area contributed by atoms with Crippen LogP contribution in [0.1, 0.15) is 29.8 Å². The lowest BCUT2D eigenvalue weighted by Gasteiger charge is -2.36. The maximum atomic E-state index is 13.8. The lowest BCUT2D eigenvalue weighted by atomic mass is 9.93. The molecule has 3 rings (SSSR count). The molecule has 0 saturated heterocycles. The molecule has 8 heteroatoms. The summed E-state index contributed by atoms with van der Waals surface area (Å²) >= 11 is 6.07. The minimum Gasteiger partial charge on any atom is -0.473 e. The van der Waals surface area contributed by atoms with E-state index >= 15 is 0 Å². The van der Waals surface area contributed by atoms with Gasteiger partial charge in [0.1, 0.15) is 12.3 Å². The molecule has 0 aromatic heterocycles. The Morgan fingerprint density at radius 1 is 1.15 bits per heavy atom. The summed E-state index contributed by atoms with van der Waals surface area (Å²) in [5.41, 5.74) is 0.518. The van der Waals surface area contributed by atoms with Gasteiger partial charge in [-0.25, -0.2) is 4.79 Å². The molecule has 0 unspecified atom stereocenters. The zero-order valence-corrected chi connectivity index (χ0v) is 19.7. The number of carbonyl (C=O) groups is 3. The highest BCUT2D eigenvalue weighted by molar-refractivity contribution is 6.30. The van der Waals surface area contributed by atoms with Crippen LogP contribution in [0.3, 0.4) is 0 Å². The van der Waals surface area contributed by atoms with Crippen molar-refractivity contribution < 1.29 is 23.7 Å². The van der Waals surface area contributed by atoms with E-state index in [-0.39, 0.29) is 17.7 Å². The molecule has 33 heavy (non-hydrogen) atoms. The zero-order chi connectivity index (χ0) is 24.2. The van der Waals surface area contributed by atoms with Crippen molar-refractivity contribution in [3.8, 4) is 5.75 Å². The maximum Gasteiger partial charge on any atom is 0.411 e. The van der Waals surface area contributed by atoms with Crippen LogP contribution in [0.2, 0.25) is 5.02 Å². The SMILES string of the molecule is C=CC(=O)[N+]1=C(C)CN(C(=O)[C@](C)(Oc2ccc(C(=O)NC)cc2)c2ccc(Cl)cc2)CC1. The van der Waals surface area contributed by atoms with Crippen LogP contribution in [-0.2, 0) is 15.2 Å². The van der Waals surface area contributed by atoms with E-state index in [0.29, 0.717) is 41.5 Å². The van der Waals surface area contributed by atoms with Crippen molar-refractivity contribution in [2.75, 3.05) is 26.7 Å². The summed E-state index contributed by atoms with van der Waals surface area (Å²) < 4.78 is 7.89. The van der Waals surface area contributed by atoms with Gasteiger partial charge >= 0.3 is 5.91 Å². The van der Waals surface area contributed by atoms with E-state index < -0.39 is 5.60 Å². The van der Waals surface area contributed by atoms with Gasteiger partial charge in [-0.2, -0.15) is 4.58 Å². The third kappa shape index (κ3) is 5.14. The van der Waals surface area contributed by atoms with Gasteiger partial charge in [0.05, 0.1) is 6.54 Å². The highest BCUT2D eigenvalue weighted by Crippen LogP contribution is 2.32. The van der Waals surface area contributed by atoms with E-state index in [1.807, 2.05) is 6.92 Å². The molecule has 3 amide bonds. The Morgan fingerprint density at radius 3 is 2.33 bits per heavy atom. The third-order valence-electron chi connectivity index (χ3n) is 5.67. The van der Waals surface area contributed by atoms with Crippen molar-refractivity contribution in [2.24, 2.45) is 0 Å². The van der Waals surface area contributed by atoms with Crippen molar-refractivity contribution in [1.82, 2.24) is 10.2 Å². The van der Waals surface area contributed by atoms with Crippen LogP contribution in [0, 0.1) is 0 Å². The molecule has 1 heterocycles.